The molecule has 0 saturated carbocycles. The fraction of sp³-hybridized carbons (Fsp3) is 0.273. The van der Waals surface area contributed by atoms with Crippen LogP contribution in [0.15, 0.2) is 64.3 Å². The molecule has 1 aromatic heterocycles. The van der Waals surface area contributed by atoms with Gasteiger partial charge in [-0.05, 0) is 24.5 Å². The SMILES string of the molecule is CC(=NOCc1ccccc1)c1ccc(-c2noc(C3CCN(C(=N)N)C3)n2)cc1. The van der Waals surface area contributed by atoms with Crippen LogP contribution >= 0.6 is 0 Å². The van der Waals surface area contributed by atoms with Gasteiger partial charge in [0.05, 0.1) is 11.6 Å². The molecule has 0 spiro atoms. The second kappa shape index (κ2) is 8.77. The molecular weight excluding hydrogens is 380 g/mol. The van der Waals surface area contributed by atoms with Gasteiger partial charge in [0.2, 0.25) is 11.7 Å². The van der Waals surface area contributed by atoms with E-state index in [0.717, 1.165) is 35.4 Å². The normalized spacial score (nSPS) is 16.6. The van der Waals surface area contributed by atoms with Crippen molar-refractivity contribution >= 4 is 11.7 Å². The molecule has 0 aliphatic carbocycles. The van der Waals surface area contributed by atoms with Crippen molar-refractivity contribution in [2.24, 2.45) is 10.9 Å². The molecule has 1 atom stereocenters. The lowest BCUT2D eigenvalue weighted by molar-refractivity contribution is 0.130. The molecule has 0 radical (unpaired) electrons. The van der Waals surface area contributed by atoms with Crippen molar-refractivity contribution in [3.05, 3.63) is 71.6 Å². The summed E-state index contributed by atoms with van der Waals surface area (Å²) in [6.45, 7) is 3.71. The third-order valence-electron chi connectivity index (χ3n) is 5.16. The van der Waals surface area contributed by atoms with E-state index < -0.39 is 0 Å². The first kappa shape index (κ1) is 19.6. The molecule has 1 fully saturated rings. The van der Waals surface area contributed by atoms with Crippen LogP contribution in [0.2, 0.25) is 0 Å². The van der Waals surface area contributed by atoms with Crippen molar-refractivity contribution < 1.29 is 9.36 Å². The van der Waals surface area contributed by atoms with Crippen LogP contribution in [-0.4, -0.2) is 39.8 Å². The zero-order valence-corrected chi connectivity index (χ0v) is 16.8. The van der Waals surface area contributed by atoms with Gasteiger partial charge in [-0.25, -0.2) is 0 Å². The van der Waals surface area contributed by atoms with E-state index in [-0.39, 0.29) is 11.9 Å². The summed E-state index contributed by atoms with van der Waals surface area (Å²) in [5.41, 5.74) is 9.26. The summed E-state index contributed by atoms with van der Waals surface area (Å²) >= 11 is 0. The Labute approximate surface area is 174 Å². The molecule has 2 heterocycles. The van der Waals surface area contributed by atoms with E-state index in [1.165, 1.54) is 0 Å². The van der Waals surface area contributed by atoms with Crippen LogP contribution < -0.4 is 5.73 Å². The van der Waals surface area contributed by atoms with Crippen molar-refractivity contribution in [3.63, 3.8) is 0 Å². The Morgan fingerprint density at radius 2 is 2.00 bits per heavy atom. The second-order valence-electron chi connectivity index (χ2n) is 7.29. The van der Waals surface area contributed by atoms with Crippen LogP contribution in [0, 0.1) is 5.41 Å². The smallest absolute Gasteiger partial charge is 0.231 e. The molecule has 0 amide bonds. The zero-order chi connectivity index (χ0) is 20.9. The van der Waals surface area contributed by atoms with Crippen LogP contribution in [0.3, 0.4) is 0 Å². The number of nitrogens with two attached hydrogens (primary N) is 1. The maximum absolute atomic E-state index is 7.54. The molecule has 8 heteroatoms. The van der Waals surface area contributed by atoms with Gasteiger partial charge in [0.25, 0.3) is 0 Å². The summed E-state index contributed by atoms with van der Waals surface area (Å²) in [6, 6.07) is 17.7. The van der Waals surface area contributed by atoms with E-state index in [1.807, 2.05) is 66.4 Å². The predicted molar refractivity (Wildman–Crippen MR) is 114 cm³/mol. The fourth-order valence-electron chi connectivity index (χ4n) is 3.39. The lowest BCUT2D eigenvalue weighted by Crippen LogP contribution is -2.34. The average molecular weight is 404 g/mol. The zero-order valence-electron chi connectivity index (χ0n) is 16.8. The topological polar surface area (TPSA) is 114 Å². The van der Waals surface area contributed by atoms with E-state index in [1.54, 1.807) is 0 Å². The third-order valence-corrected chi connectivity index (χ3v) is 5.16. The molecule has 3 N–H and O–H groups in total. The lowest BCUT2D eigenvalue weighted by Gasteiger charge is -2.14. The van der Waals surface area contributed by atoms with Crippen LogP contribution in [0.1, 0.15) is 36.3 Å². The number of guanidine groups is 1. The minimum atomic E-state index is 0.0811. The molecule has 0 bridgehead atoms. The summed E-state index contributed by atoms with van der Waals surface area (Å²) < 4.78 is 5.46. The number of nitrogens with zero attached hydrogens (tertiary/aromatic N) is 4. The summed E-state index contributed by atoms with van der Waals surface area (Å²) in [5.74, 6) is 1.32. The highest BCUT2D eigenvalue weighted by molar-refractivity contribution is 5.98. The first-order valence-corrected chi connectivity index (χ1v) is 9.84. The van der Waals surface area contributed by atoms with E-state index in [2.05, 4.69) is 15.3 Å². The number of nitrogens with one attached hydrogen (secondary N) is 1. The van der Waals surface area contributed by atoms with Crippen molar-refractivity contribution in [3.8, 4) is 11.4 Å². The maximum atomic E-state index is 7.54. The van der Waals surface area contributed by atoms with Gasteiger partial charge >= 0.3 is 0 Å². The highest BCUT2D eigenvalue weighted by atomic mass is 16.6. The highest BCUT2D eigenvalue weighted by Gasteiger charge is 2.29. The number of likely N-dealkylation sites (tertiary alicyclic amines) is 1. The van der Waals surface area contributed by atoms with Gasteiger partial charge < -0.3 is 20.0 Å². The van der Waals surface area contributed by atoms with E-state index in [9.17, 15) is 0 Å². The summed E-state index contributed by atoms with van der Waals surface area (Å²) in [5, 5.41) is 15.9. The van der Waals surface area contributed by atoms with Gasteiger partial charge in [0, 0.05) is 18.7 Å². The van der Waals surface area contributed by atoms with Gasteiger partial charge in [0.1, 0.15) is 6.61 Å². The number of oxime groups is 1. The number of hydrogen-bond acceptors (Lipinski definition) is 6. The Balaban J connectivity index is 1.38. The first-order chi connectivity index (χ1) is 14.6. The predicted octanol–water partition coefficient (Wildman–Crippen LogP) is 3.36. The Morgan fingerprint density at radius 1 is 1.23 bits per heavy atom. The monoisotopic (exact) mass is 404 g/mol. The minimum Gasteiger partial charge on any atom is -0.391 e. The molecule has 1 aliphatic rings. The number of rotatable bonds is 6. The first-order valence-electron chi connectivity index (χ1n) is 9.84. The Kier molecular flexibility index (Phi) is 5.74. The average Bonchev–Trinajstić information content (AvgIpc) is 3.44. The molecule has 154 valence electrons. The quantitative estimate of drug-likeness (QED) is 0.370. The molecule has 1 aliphatic heterocycles. The van der Waals surface area contributed by atoms with Crippen LogP contribution in [0.5, 0.6) is 0 Å². The van der Waals surface area contributed by atoms with E-state index >= 15 is 0 Å². The molecule has 3 aromatic rings. The van der Waals surface area contributed by atoms with Crippen molar-refractivity contribution in [1.82, 2.24) is 15.0 Å². The van der Waals surface area contributed by atoms with E-state index in [0.29, 0.717) is 24.9 Å². The largest absolute Gasteiger partial charge is 0.391 e. The summed E-state index contributed by atoms with van der Waals surface area (Å²) in [7, 11) is 0. The molecular formula is C22H24N6O2. The van der Waals surface area contributed by atoms with Gasteiger partial charge in [-0.2, -0.15) is 4.98 Å². The molecule has 2 aromatic carbocycles. The number of benzene rings is 2. The van der Waals surface area contributed by atoms with Gasteiger partial charge in [-0.3, -0.25) is 5.41 Å². The Morgan fingerprint density at radius 3 is 2.70 bits per heavy atom. The maximum Gasteiger partial charge on any atom is 0.231 e. The van der Waals surface area contributed by atoms with E-state index in [4.69, 9.17) is 20.5 Å². The number of aromatic nitrogens is 2. The molecule has 1 unspecified atom stereocenters. The minimum absolute atomic E-state index is 0.0811. The lowest BCUT2D eigenvalue weighted by atomic mass is 10.1. The summed E-state index contributed by atoms with van der Waals surface area (Å²) in [4.78, 5) is 11.8. The second-order valence-corrected chi connectivity index (χ2v) is 7.29. The third kappa shape index (κ3) is 4.48. The van der Waals surface area contributed by atoms with Crippen molar-refractivity contribution in [1.29, 1.82) is 5.41 Å². The molecule has 30 heavy (non-hydrogen) atoms. The fourth-order valence-corrected chi connectivity index (χ4v) is 3.39. The molecule has 1 saturated heterocycles. The van der Waals surface area contributed by atoms with Crippen LogP contribution in [0.4, 0.5) is 0 Å². The molecule has 8 nitrogen and oxygen atoms in total. The molecule has 4 rings (SSSR count). The standard InChI is InChI=1S/C22H24N6O2/c1-15(26-29-14-16-5-3-2-4-6-16)17-7-9-18(10-8-17)20-25-21(30-27-20)19-11-12-28(13-19)22(23)24/h2-10,19H,11-14H2,1H3,(H3,23,24). The summed E-state index contributed by atoms with van der Waals surface area (Å²) in [6.07, 6.45) is 0.846. The van der Waals surface area contributed by atoms with Crippen molar-refractivity contribution in [2.75, 3.05) is 13.1 Å². The Hall–Kier alpha value is -3.68. The van der Waals surface area contributed by atoms with Gasteiger partial charge in [-0.15, -0.1) is 0 Å². The van der Waals surface area contributed by atoms with Crippen LogP contribution in [-0.2, 0) is 11.4 Å². The van der Waals surface area contributed by atoms with Crippen molar-refractivity contribution in [2.45, 2.75) is 25.9 Å². The van der Waals surface area contributed by atoms with Gasteiger partial charge in [0.15, 0.2) is 5.96 Å². The van der Waals surface area contributed by atoms with Crippen LogP contribution in [0.25, 0.3) is 11.4 Å². The van der Waals surface area contributed by atoms with Gasteiger partial charge in [-0.1, -0.05) is 64.9 Å². The Bertz CT molecular complexity index is 1030. The highest BCUT2D eigenvalue weighted by Crippen LogP contribution is 2.27. The number of hydrogen-bond donors (Lipinski definition) is 2.